The lowest BCUT2D eigenvalue weighted by Crippen LogP contribution is -1.94. The summed E-state index contributed by atoms with van der Waals surface area (Å²) in [4.78, 5) is 10.4. The molecule has 3 aromatic heterocycles. The van der Waals surface area contributed by atoms with E-state index in [4.69, 9.17) is 0 Å². The third kappa shape index (κ3) is 3.08. The van der Waals surface area contributed by atoms with E-state index < -0.39 is 0 Å². The summed E-state index contributed by atoms with van der Waals surface area (Å²) in [6, 6.07) is 18.6. The van der Waals surface area contributed by atoms with E-state index in [1.807, 2.05) is 30.7 Å². The first kappa shape index (κ1) is 16.8. The molecule has 0 saturated carbocycles. The van der Waals surface area contributed by atoms with Crippen molar-refractivity contribution < 1.29 is 0 Å². The van der Waals surface area contributed by atoms with Crippen LogP contribution in [-0.4, -0.2) is 26.4 Å². The van der Waals surface area contributed by atoms with E-state index >= 15 is 0 Å². The van der Waals surface area contributed by atoms with E-state index in [2.05, 4.69) is 74.2 Å². The van der Waals surface area contributed by atoms with Crippen LogP contribution in [-0.2, 0) is 0 Å². The Kier molecular flexibility index (Phi) is 4.18. The van der Waals surface area contributed by atoms with E-state index in [1.165, 1.54) is 4.90 Å². The van der Waals surface area contributed by atoms with Crippen LogP contribution in [0.1, 0.15) is 0 Å². The number of thioether (sulfide) groups is 1. The minimum absolute atomic E-state index is 0.794. The van der Waals surface area contributed by atoms with Gasteiger partial charge in [0.05, 0.1) is 17.4 Å². The van der Waals surface area contributed by atoms with Crippen molar-refractivity contribution in [1.82, 2.24) is 20.2 Å². The molecule has 0 saturated heterocycles. The predicted octanol–water partition coefficient (Wildman–Crippen LogP) is 5.64. The van der Waals surface area contributed by atoms with Crippen LogP contribution in [0.3, 0.4) is 0 Å². The molecule has 5 aromatic rings. The minimum Gasteiger partial charge on any atom is -0.340 e. The Bertz CT molecular complexity index is 1280. The van der Waals surface area contributed by atoms with E-state index in [0.717, 1.165) is 44.4 Å². The molecule has 3 heterocycles. The summed E-state index contributed by atoms with van der Waals surface area (Å²) in [7, 11) is 0. The highest BCUT2D eigenvalue weighted by Crippen LogP contribution is 2.30. The van der Waals surface area contributed by atoms with Crippen molar-refractivity contribution >= 4 is 44.9 Å². The fraction of sp³-hybridized carbons (Fsp3) is 0.0455. The van der Waals surface area contributed by atoms with E-state index in [-0.39, 0.29) is 0 Å². The molecule has 0 amide bonds. The van der Waals surface area contributed by atoms with Gasteiger partial charge in [0.25, 0.3) is 0 Å². The number of anilines is 2. The molecule has 0 spiro atoms. The molecule has 2 N–H and O–H groups in total. The Morgan fingerprint density at radius 2 is 1.79 bits per heavy atom. The van der Waals surface area contributed by atoms with Crippen LogP contribution in [0.5, 0.6) is 0 Å². The first-order chi connectivity index (χ1) is 13.8. The largest absolute Gasteiger partial charge is 0.340 e. The molecule has 5 rings (SSSR count). The summed E-state index contributed by atoms with van der Waals surface area (Å²) in [5.74, 6) is 0.794. The molecule has 0 bridgehead atoms. The number of hydrogen-bond acceptors (Lipinski definition) is 5. The normalized spacial score (nSPS) is 11.2. The molecule has 5 nitrogen and oxygen atoms in total. The minimum atomic E-state index is 0.794. The van der Waals surface area contributed by atoms with Crippen LogP contribution in [0, 0.1) is 0 Å². The summed E-state index contributed by atoms with van der Waals surface area (Å²) in [6.45, 7) is 0. The van der Waals surface area contributed by atoms with Crippen molar-refractivity contribution in [3.05, 3.63) is 73.2 Å². The van der Waals surface area contributed by atoms with Crippen molar-refractivity contribution in [1.29, 1.82) is 0 Å². The van der Waals surface area contributed by atoms with Crippen molar-refractivity contribution in [2.75, 3.05) is 11.6 Å². The summed E-state index contributed by atoms with van der Waals surface area (Å²) >= 11 is 1.73. The molecular weight excluding hydrogens is 366 g/mol. The van der Waals surface area contributed by atoms with Crippen LogP contribution in [0.15, 0.2) is 78.1 Å². The number of nitrogens with one attached hydrogen (secondary N) is 2. The average Bonchev–Trinajstić information content (AvgIpc) is 3.22. The SMILES string of the molecule is CSc1ccc(Nc2cc3c(-c4ccc5[nH]ncc5c4)nccc3cn2)cc1. The van der Waals surface area contributed by atoms with Crippen molar-refractivity contribution in [3.8, 4) is 11.3 Å². The summed E-state index contributed by atoms with van der Waals surface area (Å²) < 4.78 is 0. The highest BCUT2D eigenvalue weighted by molar-refractivity contribution is 7.98. The van der Waals surface area contributed by atoms with Gasteiger partial charge in [-0.2, -0.15) is 5.10 Å². The molecular formula is C22H17N5S. The Morgan fingerprint density at radius 3 is 2.64 bits per heavy atom. The lowest BCUT2D eigenvalue weighted by Gasteiger charge is -2.10. The third-order valence-electron chi connectivity index (χ3n) is 4.72. The molecule has 28 heavy (non-hydrogen) atoms. The lowest BCUT2D eigenvalue weighted by molar-refractivity contribution is 1.12. The predicted molar refractivity (Wildman–Crippen MR) is 116 cm³/mol. The van der Waals surface area contributed by atoms with Crippen LogP contribution in [0.4, 0.5) is 11.5 Å². The molecule has 0 aliphatic rings. The van der Waals surface area contributed by atoms with Crippen LogP contribution in [0.25, 0.3) is 32.9 Å². The maximum absolute atomic E-state index is 4.65. The Balaban J connectivity index is 1.57. The molecule has 0 radical (unpaired) electrons. The van der Waals surface area contributed by atoms with Gasteiger partial charge in [-0.15, -0.1) is 11.8 Å². The fourth-order valence-corrected chi connectivity index (χ4v) is 3.68. The zero-order chi connectivity index (χ0) is 18.9. The molecule has 0 unspecified atom stereocenters. The molecule has 0 atom stereocenters. The zero-order valence-electron chi connectivity index (χ0n) is 15.2. The topological polar surface area (TPSA) is 66.5 Å². The molecule has 136 valence electrons. The first-order valence-corrected chi connectivity index (χ1v) is 10.1. The number of aromatic amines is 1. The van der Waals surface area contributed by atoms with E-state index in [1.54, 1.807) is 11.8 Å². The zero-order valence-corrected chi connectivity index (χ0v) is 16.0. The second-order valence-electron chi connectivity index (χ2n) is 6.48. The van der Waals surface area contributed by atoms with Gasteiger partial charge in [0, 0.05) is 44.7 Å². The van der Waals surface area contributed by atoms with Crippen LogP contribution >= 0.6 is 11.8 Å². The number of rotatable bonds is 4. The number of nitrogens with zero attached hydrogens (tertiary/aromatic N) is 3. The van der Waals surface area contributed by atoms with E-state index in [0.29, 0.717) is 0 Å². The van der Waals surface area contributed by atoms with Crippen LogP contribution < -0.4 is 5.32 Å². The summed E-state index contributed by atoms with van der Waals surface area (Å²) in [5, 5.41) is 13.7. The van der Waals surface area contributed by atoms with Gasteiger partial charge in [-0.3, -0.25) is 10.1 Å². The van der Waals surface area contributed by atoms with Crippen molar-refractivity contribution in [2.24, 2.45) is 0 Å². The van der Waals surface area contributed by atoms with Gasteiger partial charge >= 0.3 is 0 Å². The Hall–Kier alpha value is -3.38. The second-order valence-corrected chi connectivity index (χ2v) is 7.36. The number of hydrogen-bond donors (Lipinski definition) is 2. The standard InChI is InChI=1S/C22H17N5S/c1-28-18-5-3-17(4-6-18)26-21-11-19-15(12-24-21)8-9-23-22(19)14-2-7-20-16(10-14)13-25-27-20/h2-13H,1H3,(H,24,26)(H,25,27). The average molecular weight is 383 g/mol. The maximum atomic E-state index is 4.65. The molecule has 0 fully saturated rings. The van der Waals surface area contributed by atoms with Crippen molar-refractivity contribution in [2.45, 2.75) is 4.90 Å². The van der Waals surface area contributed by atoms with Gasteiger partial charge in [-0.25, -0.2) is 4.98 Å². The van der Waals surface area contributed by atoms with Gasteiger partial charge < -0.3 is 5.32 Å². The Labute approximate surface area is 166 Å². The molecule has 2 aromatic carbocycles. The first-order valence-electron chi connectivity index (χ1n) is 8.89. The summed E-state index contributed by atoms with van der Waals surface area (Å²) in [6.07, 6.45) is 7.61. The van der Waals surface area contributed by atoms with Gasteiger partial charge in [-0.05, 0) is 54.8 Å². The van der Waals surface area contributed by atoms with Gasteiger partial charge in [0.1, 0.15) is 5.82 Å². The number of pyridine rings is 2. The highest BCUT2D eigenvalue weighted by Gasteiger charge is 2.09. The quantitative estimate of drug-likeness (QED) is 0.393. The van der Waals surface area contributed by atoms with Gasteiger partial charge in [0.2, 0.25) is 0 Å². The fourth-order valence-electron chi connectivity index (χ4n) is 3.28. The molecule has 6 heteroatoms. The second kappa shape index (κ2) is 6.98. The highest BCUT2D eigenvalue weighted by atomic mass is 32.2. The third-order valence-corrected chi connectivity index (χ3v) is 5.47. The van der Waals surface area contributed by atoms with Gasteiger partial charge in [0.15, 0.2) is 0 Å². The Morgan fingerprint density at radius 1 is 0.893 bits per heavy atom. The molecule has 0 aliphatic carbocycles. The molecule has 0 aliphatic heterocycles. The number of fused-ring (bicyclic) bond motifs is 2. The monoisotopic (exact) mass is 383 g/mol. The smallest absolute Gasteiger partial charge is 0.130 e. The lowest BCUT2D eigenvalue weighted by atomic mass is 10.0. The maximum Gasteiger partial charge on any atom is 0.130 e. The number of H-pyrrole nitrogens is 1. The van der Waals surface area contributed by atoms with Crippen LogP contribution in [0.2, 0.25) is 0 Å². The van der Waals surface area contributed by atoms with Crippen molar-refractivity contribution in [3.63, 3.8) is 0 Å². The number of benzene rings is 2. The summed E-state index contributed by atoms with van der Waals surface area (Å²) in [5.41, 5.74) is 4.02. The van der Waals surface area contributed by atoms with Gasteiger partial charge in [-0.1, -0.05) is 6.07 Å². The number of aromatic nitrogens is 4. The van der Waals surface area contributed by atoms with E-state index in [9.17, 15) is 0 Å².